The third kappa shape index (κ3) is 6.19. The summed E-state index contributed by atoms with van der Waals surface area (Å²) in [4.78, 5) is 21.6. The molecule has 0 spiro atoms. The van der Waals surface area contributed by atoms with Crippen molar-refractivity contribution in [3.63, 3.8) is 0 Å². The first-order chi connectivity index (χ1) is 6.63. The number of amides is 3. The van der Waals surface area contributed by atoms with E-state index in [9.17, 15) is 13.8 Å². The van der Waals surface area contributed by atoms with Gasteiger partial charge in [-0.15, -0.1) is 0 Å². The highest BCUT2D eigenvalue weighted by atomic mass is 32.2. The Labute approximate surface area is 91.2 Å². The van der Waals surface area contributed by atoms with Gasteiger partial charge in [0.05, 0.1) is 0 Å². The summed E-state index contributed by atoms with van der Waals surface area (Å²) in [5, 5.41) is 1.07. The molecule has 3 amide bonds. The minimum Gasteiger partial charge on any atom is -0.351 e. The minimum absolute atomic E-state index is 0.181. The molecule has 0 saturated carbocycles. The molecule has 2 atom stereocenters. The lowest BCUT2D eigenvalue weighted by Crippen LogP contribution is -2.46. The highest BCUT2D eigenvalue weighted by molar-refractivity contribution is 7.86. The number of rotatable bonds is 4. The standard InChI is InChI=1S/C8H17N3O3S/c1-5(6(12)11-7(9)13)15(14)4-8(2,3)10/h5H,4,10H2,1-3H3,(H3,9,11,12,13). The number of imide groups is 1. The number of nitrogens with two attached hydrogens (primary N) is 2. The Morgan fingerprint density at radius 3 is 2.27 bits per heavy atom. The molecule has 0 saturated heterocycles. The van der Waals surface area contributed by atoms with Crippen molar-refractivity contribution >= 4 is 22.7 Å². The minimum atomic E-state index is -1.43. The number of primary amides is 1. The van der Waals surface area contributed by atoms with Crippen LogP contribution in [0.4, 0.5) is 4.79 Å². The fraction of sp³-hybridized carbons (Fsp3) is 0.750. The van der Waals surface area contributed by atoms with Crippen molar-refractivity contribution in [2.24, 2.45) is 11.5 Å². The number of hydrogen-bond acceptors (Lipinski definition) is 4. The maximum Gasteiger partial charge on any atom is 0.318 e. The van der Waals surface area contributed by atoms with Gasteiger partial charge in [0.2, 0.25) is 5.91 Å². The zero-order valence-corrected chi connectivity index (χ0v) is 9.89. The Hall–Kier alpha value is -0.950. The van der Waals surface area contributed by atoms with Crippen LogP contribution in [0.15, 0.2) is 0 Å². The number of nitrogens with one attached hydrogen (secondary N) is 1. The molecular formula is C8H17N3O3S. The van der Waals surface area contributed by atoms with E-state index < -0.39 is 33.5 Å². The monoisotopic (exact) mass is 235 g/mol. The van der Waals surface area contributed by atoms with Gasteiger partial charge in [-0.25, -0.2) is 4.79 Å². The number of urea groups is 1. The van der Waals surface area contributed by atoms with Gasteiger partial charge in [-0.3, -0.25) is 14.3 Å². The number of carbonyl (C=O) groups excluding carboxylic acids is 2. The van der Waals surface area contributed by atoms with Gasteiger partial charge in [0, 0.05) is 22.1 Å². The van der Waals surface area contributed by atoms with Crippen LogP contribution in [0.25, 0.3) is 0 Å². The first-order valence-corrected chi connectivity index (χ1v) is 5.78. The van der Waals surface area contributed by atoms with Crippen LogP contribution in [-0.4, -0.2) is 32.7 Å². The van der Waals surface area contributed by atoms with Gasteiger partial charge in [-0.05, 0) is 20.8 Å². The number of carbonyl (C=O) groups is 2. The van der Waals surface area contributed by atoms with Crippen LogP contribution in [0.3, 0.4) is 0 Å². The van der Waals surface area contributed by atoms with Crippen molar-refractivity contribution in [2.45, 2.75) is 31.6 Å². The van der Waals surface area contributed by atoms with Crippen molar-refractivity contribution in [1.29, 1.82) is 0 Å². The maximum atomic E-state index is 11.6. The molecule has 0 radical (unpaired) electrons. The average Bonchev–Trinajstić information content (AvgIpc) is 1.98. The van der Waals surface area contributed by atoms with Crippen molar-refractivity contribution in [1.82, 2.24) is 5.32 Å². The summed E-state index contributed by atoms with van der Waals surface area (Å²) in [5.41, 5.74) is 9.80. The molecule has 0 aromatic carbocycles. The summed E-state index contributed by atoms with van der Waals surface area (Å²) in [6, 6.07) is -0.948. The van der Waals surface area contributed by atoms with E-state index in [2.05, 4.69) is 0 Å². The van der Waals surface area contributed by atoms with Crippen LogP contribution in [-0.2, 0) is 15.6 Å². The molecule has 0 fully saturated rings. The van der Waals surface area contributed by atoms with E-state index in [-0.39, 0.29) is 5.75 Å². The molecule has 0 aliphatic heterocycles. The Kier molecular flexibility index (Phi) is 4.89. The van der Waals surface area contributed by atoms with Gasteiger partial charge in [-0.1, -0.05) is 0 Å². The second kappa shape index (κ2) is 5.22. The Morgan fingerprint density at radius 2 is 1.93 bits per heavy atom. The molecule has 0 rings (SSSR count). The summed E-state index contributed by atoms with van der Waals surface area (Å²) in [6.07, 6.45) is 0. The number of hydrogen-bond donors (Lipinski definition) is 3. The molecule has 0 aliphatic carbocycles. The lowest BCUT2D eigenvalue weighted by molar-refractivity contribution is -0.119. The molecule has 0 heterocycles. The van der Waals surface area contributed by atoms with Crippen LogP contribution >= 0.6 is 0 Å². The quantitative estimate of drug-likeness (QED) is 0.583. The van der Waals surface area contributed by atoms with E-state index in [0.717, 1.165) is 0 Å². The summed E-state index contributed by atoms with van der Waals surface area (Å²) >= 11 is 0. The van der Waals surface area contributed by atoms with Gasteiger partial charge in [0.1, 0.15) is 5.25 Å². The van der Waals surface area contributed by atoms with Crippen molar-refractivity contribution < 1.29 is 13.8 Å². The van der Waals surface area contributed by atoms with Gasteiger partial charge in [-0.2, -0.15) is 0 Å². The molecule has 0 aromatic heterocycles. The van der Waals surface area contributed by atoms with E-state index in [0.29, 0.717) is 0 Å². The van der Waals surface area contributed by atoms with Crippen molar-refractivity contribution in [2.75, 3.05) is 5.75 Å². The largest absolute Gasteiger partial charge is 0.351 e. The normalized spacial score (nSPS) is 15.5. The van der Waals surface area contributed by atoms with Crippen LogP contribution in [0.2, 0.25) is 0 Å². The van der Waals surface area contributed by atoms with Gasteiger partial charge in [0.25, 0.3) is 0 Å². The molecule has 2 unspecified atom stereocenters. The highest BCUT2D eigenvalue weighted by Gasteiger charge is 2.25. The van der Waals surface area contributed by atoms with Crippen LogP contribution in [0.5, 0.6) is 0 Å². The molecule has 0 aliphatic rings. The highest BCUT2D eigenvalue weighted by Crippen LogP contribution is 2.05. The fourth-order valence-corrected chi connectivity index (χ4v) is 2.12. The third-order valence-corrected chi connectivity index (χ3v) is 3.56. The Balaban J connectivity index is 4.32. The summed E-state index contributed by atoms with van der Waals surface area (Å²) < 4.78 is 11.6. The lowest BCUT2D eigenvalue weighted by atomic mass is 10.1. The predicted octanol–water partition coefficient (Wildman–Crippen LogP) is -0.944. The summed E-state index contributed by atoms with van der Waals surface area (Å²) in [7, 11) is -1.43. The van der Waals surface area contributed by atoms with Gasteiger partial charge < -0.3 is 11.5 Å². The smallest absolute Gasteiger partial charge is 0.318 e. The molecule has 0 aromatic rings. The first-order valence-electron chi connectivity index (χ1n) is 4.40. The third-order valence-electron chi connectivity index (χ3n) is 1.52. The van der Waals surface area contributed by atoms with E-state index >= 15 is 0 Å². The molecule has 5 N–H and O–H groups in total. The second-order valence-corrected chi connectivity index (χ2v) is 5.77. The molecular weight excluding hydrogens is 218 g/mol. The maximum absolute atomic E-state index is 11.6. The van der Waals surface area contributed by atoms with Gasteiger partial charge >= 0.3 is 6.03 Å². The fourth-order valence-electron chi connectivity index (χ4n) is 0.834. The van der Waals surface area contributed by atoms with E-state index in [1.54, 1.807) is 13.8 Å². The molecule has 15 heavy (non-hydrogen) atoms. The summed E-state index contributed by atoms with van der Waals surface area (Å²) in [5.74, 6) is -0.467. The van der Waals surface area contributed by atoms with Crippen LogP contribution < -0.4 is 16.8 Å². The van der Waals surface area contributed by atoms with Gasteiger partial charge in [0.15, 0.2) is 0 Å². The molecule has 0 bridgehead atoms. The lowest BCUT2D eigenvalue weighted by Gasteiger charge is -2.19. The van der Waals surface area contributed by atoms with Crippen LogP contribution in [0, 0.1) is 0 Å². The van der Waals surface area contributed by atoms with E-state index in [4.69, 9.17) is 11.5 Å². The zero-order chi connectivity index (χ0) is 12.2. The van der Waals surface area contributed by atoms with Crippen molar-refractivity contribution in [3.05, 3.63) is 0 Å². The molecule has 6 nitrogen and oxygen atoms in total. The predicted molar refractivity (Wildman–Crippen MR) is 58.5 cm³/mol. The average molecular weight is 235 g/mol. The summed E-state index contributed by atoms with van der Waals surface area (Å²) in [6.45, 7) is 4.88. The topological polar surface area (TPSA) is 115 Å². The van der Waals surface area contributed by atoms with E-state index in [1.165, 1.54) is 6.92 Å². The molecule has 7 heteroatoms. The zero-order valence-electron chi connectivity index (χ0n) is 9.07. The Bertz CT molecular complexity index is 285. The van der Waals surface area contributed by atoms with Crippen molar-refractivity contribution in [3.8, 4) is 0 Å². The Morgan fingerprint density at radius 1 is 1.47 bits per heavy atom. The SMILES string of the molecule is CC(C(=O)NC(N)=O)S(=O)CC(C)(C)N. The first kappa shape index (κ1) is 14.1. The molecule has 88 valence electrons. The van der Waals surface area contributed by atoms with E-state index in [1.807, 2.05) is 5.32 Å². The van der Waals surface area contributed by atoms with Crippen LogP contribution in [0.1, 0.15) is 20.8 Å². The second-order valence-electron chi connectivity index (χ2n) is 4.01.